The lowest BCUT2D eigenvalue weighted by atomic mass is 10.00. The number of aliphatic hydroxyl groups excluding tert-OH is 1. The van der Waals surface area contributed by atoms with E-state index in [-0.39, 0.29) is 6.10 Å². The Balaban J connectivity index is 1.93. The summed E-state index contributed by atoms with van der Waals surface area (Å²) < 4.78 is 0. The van der Waals surface area contributed by atoms with E-state index in [1.165, 1.54) is 64.2 Å². The zero-order chi connectivity index (χ0) is 15.9. The van der Waals surface area contributed by atoms with Crippen LogP contribution in [0.4, 0.5) is 0 Å². The molecule has 1 aliphatic rings. The molecule has 0 heterocycles. The second-order valence-electron chi connectivity index (χ2n) is 8.46. The van der Waals surface area contributed by atoms with Crippen molar-refractivity contribution in [2.45, 2.75) is 111 Å². The van der Waals surface area contributed by atoms with Gasteiger partial charge in [0.1, 0.15) is 0 Å². The Morgan fingerprint density at radius 1 is 0.714 bits per heavy atom. The van der Waals surface area contributed by atoms with Crippen molar-refractivity contribution in [2.75, 3.05) is 0 Å². The van der Waals surface area contributed by atoms with Crippen molar-refractivity contribution >= 4 is 0 Å². The molecule has 1 nitrogen and oxygen atoms in total. The summed E-state index contributed by atoms with van der Waals surface area (Å²) >= 11 is 0. The fourth-order valence-electron chi connectivity index (χ4n) is 4.22. The fraction of sp³-hybridized carbons (Fsp3) is 1.00. The van der Waals surface area contributed by atoms with Gasteiger partial charge in [-0.05, 0) is 23.2 Å². The van der Waals surface area contributed by atoms with Gasteiger partial charge in [-0.2, -0.15) is 0 Å². The molecule has 0 amide bonds. The summed E-state index contributed by atoms with van der Waals surface area (Å²) in [6.07, 6.45) is 14.6. The Kier molecular flexibility index (Phi) is 7.74. The molecule has 1 heteroatoms. The van der Waals surface area contributed by atoms with Gasteiger partial charge in [0.25, 0.3) is 0 Å². The second kappa shape index (κ2) is 8.56. The van der Waals surface area contributed by atoms with Crippen molar-refractivity contribution in [1.29, 1.82) is 0 Å². The van der Waals surface area contributed by atoms with Gasteiger partial charge in [-0.3, -0.25) is 0 Å². The second-order valence-corrected chi connectivity index (χ2v) is 8.46. The van der Waals surface area contributed by atoms with Crippen LogP contribution >= 0.6 is 0 Å². The Morgan fingerprint density at radius 3 is 1.48 bits per heavy atom. The number of aliphatic hydroxyl groups is 1. The topological polar surface area (TPSA) is 20.2 Å². The SMILES string of the molecule is CCCCCCCCCCCCC(O)C1C(C)(C)C1(C)C. The Hall–Kier alpha value is -0.0400. The number of rotatable bonds is 12. The monoisotopic (exact) mass is 296 g/mol. The average molecular weight is 297 g/mol. The van der Waals surface area contributed by atoms with Crippen molar-refractivity contribution in [1.82, 2.24) is 0 Å². The lowest BCUT2D eigenvalue weighted by Gasteiger charge is -2.12. The molecule has 0 bridgehead atoms. The lowest BCUT2D eigenvalue weighted by Crippen LogP contribution is -2.14. The van der Waals surface area contributed by atoms with E-state index in [0.717, 1.165) is 6.42 Å². The zero-order valence-corrected chi connectivity index (χ0v) is 15.4. The van der Waals surface area contributed by atoms with Gasteiger partial charge in [-0.15, -0.1) is 0 Å². The lowest BCUT2D eigenvalue weighted by molar-refractivity contribution is 0.117. The number of hydrogen-bond acceptors (Lipinski definition) is 1. The molecule has 0 aromatic heterocycles. The van der Waals surface area contributed by atoms with Crippen molar-refractivity contribution in [3.05, 3.63) is 0 Å². The highest BCUT2D eigenvalue weighted by Gasteiger charge is 2.66. The van der Waals surface area contributed by atoms with E-state index in [1.807, 2.05) is 0 Å². The van der Waals surface area contributed by atoms with Gasteiger partial charge >= 0.3 is 0 Å². The smallest absolute Gasteiger partial charge is 0.0579 e. The third-order valence-corrected chi connectivity index (χ3v) is 6.37. The number of unbranched alkanes of at least 4 members (excludes halogenated alkanes) is 9. The molecule has 0 spiro atoms. The van der Waals surface area contributed by atoms with Gasteiger partial charge in [0.15, 0.2) is 0 Å². The molecule has 1 fully saturated rings. The third kappa shape index (κ3) is 5.27. The largest absolute Gasteiger partial charge is 0.393 e. The molecule has 0 saturated heterocycles. The van der Waals surface area contributed by atoms with Crippen LogP contribution in [0.1, 0.15) is 105 Å². The summed E-state index contributed by atoms with van der Waals surface area (Å²) in [4.78, 5) is 0. The van der Waals surface area contributed by atoms with Crippen molar-refractivity contribution in [2.24, 2.45) is 16.7 Å². The summed E-state index contributed by atoms with van der Waals surface area (Å²) in [6.45, 7) is 11.5. The van der Waals surface area contributed by atoms with Crippen molar-refractivity contribution in [3.63, 3.8) is 0 Å². The van der Waals surface area contributed by atoms with Gasteiger partial charge < -0.3 is 5.11 Å². The normalized spacial score (nSPS) is 21.4. The van der Waals surface area contributed by atoms with Crippen LogP contribution in [0, 0.1) is 16.7 Å². The van der Waals surface area contributed by atoms with Crippen molar-refractivity contribution in [3.8, 4) is 0 Å². The molecule has 0 aliphatic heterocycles. The predicted octanol–water partition coefficient (Wildman–Crippen LogP) is 6.34. The summed E-state index contributed by atoms with van der Waals surface area (Å²) in [5, 5.41) is 10.4. The molecule has 1 saturated carbocycles. The van der Waals surface area contributed by atoms with E-state index in [2.05, 4.69) is 34.6 Å². The van der Waals surface area contributed by atoms with E-state index in [4.69, 9.17) is 0 Å². The van der Waals surface area contributed by atoms with Crippen LogP contribution in [0.25, 0.3) is 0 Å². The zero-order valence-electron chi connectivity index (χ0n) is 15.4. The fourth-order valence-corrected chi connectivity index (χ4v) is 4.22. The first-order valence-electron chi connectivity index (χ1n) is 9.53. The minimum Gasteiger partial charge on any atom is -0.393 e. The van der Waals surface area contributed by atoms with Gasteiger partial charge in [-0.25, -0.2) is 0 Å². The first kappa shape index (κ1) is 19.0. The summed E-state index contributed by atoms with van der Waals surface area (Å²) in [7, 11) is 0. The summed E-state index contributed by atoms with van der Waals surface area (Å²) in [5.41, 5.74) is 0.649. The molecular formula is C20H40O. The summed E-state index contributed by atoms with van der Waals surface area (Å²) in [5.74, 6) is 0.503. The molecule has 1 rings (SSSR count). The predicted molar refractivity (Wildman–Crippen MR) is 93.5 cm³/mol. The molecule has 21 heavy (non-hydrogen) atoms. The molecule has 1 aliphatic carbocycles. The quantitative estimate of drug-likeness (QED) is 0.417. The van der Waals surface area contributed by atoms with Crippen LogP contribution in [-0.4, -0.2) is 11.2 Å². The van der Waals surface area contributed by atoms with E-state index in [9.17, 15) is 5.11 Å². The highest BCUT2D eigenvalue weighted by Crippen LogP contribution is 2.70. The molecule has 0 aromatic rings. The van der Waals surface area contributed by atoms with Crippen LogP contribution in [0.15, 0.2) is 0 Å². The average Bonchev–Trinajstić information content (AvgIpc) is 2.82. The molecule has 1 N–H and O–H groups in total. The standard InChI is InChI=1S/C20H40O/c1-6-7-8-9-10-11-12-13-14-15-16-17(21)18-19(2,3)20(18,4)5/h17-18,21H,6-16H2,1-5H3. The molecule has 126 valence electrons. The van der Waals surface area contributed by atoms with Gasteiger partial charge in [0, 0.05) is 0 Å². The van der Waals surface area contributed by atoms with E-state index in [0.29, 0.717) is 16.7 Å². The van der Waals surface area contributed by atoms with Crippen LogP contribution in [0.5, 0.6) is 0 Å². The third-order valence-electron chi connectivity index (χ3n) is 6.37. The van der Waals surface area contributed by atoms with Gasteiger partial charge in [0.05, 0.1) is 6.10 Å². The van der Waals surface area contributed by atoms with Crippen molar-refractivity contribution < 1.29 is 5.11 Å². The molecule has 0 aromatic carbocycles. The Morgan fingerprint density at radius 2 is 1.10 bits per heavy atom. The molecule has 1 unspecified atom stereocenters. The van der Waals surface area contributed by atoms with Crippen LogP contribution in [0.2, 0.25) is 0 Å². The van der Waals surface area contributed by atoms with E-state index in [1.54, 1.807) is 0 Å². The highest BCUT2D eigenvalue weighted by molar-refractivity contribution is 5.14. The first-order valence-corrected chi connectivity index (χ1v) is 9.53. The van der Waals surface area contributed by atoms with Gasteiger partial charge in [0.2, 0.25) is 0 Å². The number of hydrogen-bond donors (Lipinski definition) is 1. The minimum atomic E-state index is -0.0796. The highest BCUT2D eigenvalue weighted by atomic mass is 16.3. The summed E-state index contributed by atoms with van der Waals surface area (Å²) in [6, 6.07) is 0. The maximum absolute atomic E-state index is 10.4. The first-order chi connectivity index (χ1) is 9.85. The Labute approximate surface area is 133 Å². The van der Waals surface area contributed by atoms with Crippen LogP contribution < -0.4 is 0 Å². The van der Waals surface area contributed by atoms with Gasteiger partial charge in [-0.1, -0.05) is 98.8 Å². The maximum Gasteiger partial charge on any atom is 0.0579 e. The maximum atomic E-state index is 10.4. The Bertz CT molecular complexity index is 266. The molecule has 0 radical (unpaired) electrons. The van der Waals surface area contributed by atoms with E-state index >= 15 is 0 Å². The van der Waals surface area contributed by atoms with Crippen LogP contribution in [-0.2, 0) is 0 Å². The van der Waals surface area contributed by atoms with Crippen LogP contribution in [0.3, 0.4) is 0 Å². The van der Waals surface area contributed by atoms with E-state index < -0.39 is 0 Å². The molecule has 1 atom stereocenters. The minimum absolute atomic E-state index is 0.0796. The molecular weight excluding hydrogens is 256 g/mol.